The molecule has 0 aromatic heterocycles. The third-order valence-corrected chi connectivity index (χ3v) is 4.07. The number of rotatable bonds is 3. The Morgan fingerprint density at radius 2 is 2.00 bits per heavy atom. The molecule has 1 aliphatic heterocycles. The van der Waals surface area contributed by atoms with E-state index in [4.69, 9.17) is 8.92 Å². The molecule has 0 spiro atoms. The summed E-state index contributed by atoms with van der Waals surface area (Å²) in [6, 6.07) is 6.64. The monoisotopic (exact) mass is 256 g/mol. The van der Waals surface area contributed by atoms with Crippen LogP contribution < -0.4 is 0 Å². The van der Waals surface area contributed by atoms with Crippen molar-refractivity contribution in [2.45, 2.75) is 30.8 Å². The molecule has 0 aliphatic carbocycles. The van der Waals surface area contributed by atoms with Gasteiger partial charge in [0.05, 0.1) is 11.5 Å². The van der Waals surface area contributed by atoms with E-state index in [2.05, 4.69) is 0 Å². The quantitative estimate of drug-likeness (QED) is 0.775. The molecule has 5 heteroatoms. The Labute approximate surface area is 102 Å². The summed E-state index contributed by atoms with van der Waals surface area (Å²) in [7, 11) is -3.66. The lowest BCUT2D eigenvalue weighted by atomic mass is 10.2. The highest BCUT2D eigenvalue weighted by molar-refractivity contribution is 7.86. The van der Waals surface area contributed by atoms with Gasteiger partial charge in [-0.2, -0.15) is 8.42 Å². The van der Waals surface area contributed by atoms with Gasteiger partial charge in [-0.1, -0.05) is 17.7 Å². The lowest BCUT2D eigenvalue weighted by molar-refractivity contribution is 0.0104. The Hall–Kier alpha value is -0.910. The van der Waals surface area contributed by atoms with Crippen LogP contribution in [0.3, 0.4) is 0 Å². The van der Waals surface area contributed by atoms with Gasteiger partial charge in [0.15, 0.2) is 0 Å². The lowest BCUT2D eigenvalue weighted by Gasteiger charge is -2.21. The fourth-order valence-electron chi connectivity index (χ4n) is 1.73. The molecule has 1 aliphatic rings. The molecule has 1 atom stereocenters. The van der Waals surface area contributed by atoms with E-state index in [0.717, 1.165) is 18.4 Å². The third-order valence-electron chi connectivity index (χ3n) is 2.69. The molecule has 1 aromatic carbocycles. The third kappa shape index (κ3) is 3.28. The largest absolute Gasteiger partial charge is 0.379 e. The average molecular weight is 256 g/mol. The Bertz CT molecular complexity index is 458. The minimum atomic E-state index is -3.66. The van der Waals surface area contributed by atoms with Crippen LogP contribution in [0.25, 0.3) is 0 Å². The number of benzene rings is 1. The molecule has 1 unspecified atom stereocenters. The zero-order valence-electron chi connectivity index (χ0n) is 9.76. The van der Waals surface area contributed by atoms with Gasteiger partial charge in [-0.15, -0.1) is 0 Å². The molecule has 94 valence electrons. The van der Waals surface area contributed by atoms with Crippen molar-refractivity contribution in [3.8, 4) is 0 Å². The Morgan fingerprint density at radius 3 is 2.59 bits per heavy atom. The zero-order chi connectivity index (χ0) is 12.3. The number of hydrogen-bond donors (Lipinski definition) is 0. The first kappa shape index (κ1) is 12.5. The summed E-state index contributed by atoms with van der Waals surface area (Å²) in [5.41, 5.74) is 1.02. The van der Waals surface area contributed by atoms with E-state index in [1.54, 1.807) is 24.3 Å². The molecule has 0 radical (unpaired) electrons. The number of hydrogen-bond acceptors (Lipinski definition) is 4. The number of aryl methyl sites for hydroxylation is 1. The second kappa shape index (κ2) is 5.16. The first-order valence-electron chi connectivity index (χ1n) is 5.66. The predicted octanol–water partition coefficient (Wildman–Crippen LogP) is 1.88. The van der Waals surface area contributed by atoms with Gasteiger partial charge in [0.25, 0.3) is 10.1 Å². The maximum atomic E-state index is 11.9. The van der Waals surface area contributed by atoms with Crippen LogP contribution in [-0.2, 0) is 19.0 Å². The molecular formula is C12H16O4S. The van der Waals surface area contributed by atoms with Gasteiger partial charge in [0.2, 0.25) is 0 Å². The van der Waals surface area contributed by atoms with E-state index in [0.29, 0.717) is 13.2 Å². The molecule has 2 rings (SSSR count). The molecule has 0 saturated carbocycles. The van der Waals surface area contributed by atoms with Crippen LogP contribution in [0.15, 0.2) is 29.2 Å². The second-order valence-electron chi connectivity index (χ2n) is 4.20. The molecule has 0 amide bonds. The van der Waals surface area contributed by atoms with E-state index in [1.807, 2.05) is 6.92 Å². The van der Waals surface area contributed by atoms with Crippen molar-refractivity contribution in [1.82, 2.24) is 0 Å². The second-order valence-corrected chi connectivity index (χ2v) is 5.77. The van der Waals surface area contributed by atoms with Crippen LogP contribution in [0.5, 0.6) is 0 Å². The van der Waals surface area contributed by atoms with Crippen LogP contribution >= 0.6 is 0 Å². The summed E-state index contributed by atoms with van der Waals surface area (Å²) in [4.78, 5) is 0.202. The maximum Gasteiger partial charge on any atom is 0.297 e. The van der Waals surface area contributed by atoms with E-state index >= 15 is 0 Å². The summed E-state index contributed by atoms with van der Waals surface area (Å²) in [5.74, 6) is 0. The highest BCUT2D eigenvalue weighted by atomic mass is 32.2. The summed E-state index contributed by atoms with van der Waals surface area (Å²) in [6.07, 6.45) is 1.22. The first-order valence-corrected chi connectivity index (χ1v) is 7.06. The van der Waals surface area contributed by atoms with Crippen molar-refractivity contribution < 1.29 is 17.3 Å². The topological polar surface area (TPSA) is 52.6 Å². The van der Waals surface area contributed by atoms with Crippen molar-refractivity contribution in [3.05, 3.63) is 29.8 Å². The van der Waals surface area contributed by atoms with Crippen molar-refractivity contribution in [2.24, 2.45) is 0 Å². The minimum absolute atomic E-state index is 0.202. The first-order chi connectivity index (χ1) is 8.08. The standard InChI is InChI=1S/C12H16O4S/c1-10-4-6-12(7-5-10)17(13,14)16-11-3-2-8-15-9-11/h4-7,11H,2-3,8-9H2,1H3. The van der Waals surface area contributed by atoms with Gasteiger partial charge in [-0.25, -0.2) is 0 Å². The maximum absolute atomic E-state index is 11.9. The smallest absolute Gasteiger partial charge is 0.297 e. The van der Waals surface area contributed by atoms with Crippen LogP contribution in [0, 0.1) is 6.92 Å². The van der Waals surface area contributed by atoms with Crippen LogP contribution in [0.2, 0.25) is 0 Å². The van der Waals surface area contributed by atoms with Gasteiger partial charge in [-0.05, 0) is 31.9 Å². The highest BCUT2D eigenvalue weighted by Crippen LogP contribution is 2.19. The molecule has 1 fully saturated rings. The van der Waals surface area contributed by atoms with E-state index in [1.165, 1.54) is 0 Å². The molecule has 1 saturated heterocycles. The van der Waals surface area contributed by atoms with E-state index in [-0.39, 0.29) is 11.0 Å². The van der Waals surface area contributed by atoms with Crippen molar-refractivity contribution >= 4 is 10.1 Å². The van der Waals surface area contributed by atoms with Gasteiger partial charge < -0.3 is 4.74 Å². The number of ether oxygens (including phenoxy) is 1. The van der Waals surface area contributed by atoms with E-state index in [9.17, 15) is 8.42 Å². The molecular weight excluding hydrogens is 240 g/mol. The molecule has 0 bridgehead atoms. The van der Waals surface area contributed by atoms with Crippen molar-refractivity contribution in [1.29, 1.82) is 0 Å². The minimum Gasteiger partial charge on any atom is -0.379 e. The Kier molecular flexibility index (Phi) is 3.81. The fourth-order valence-corrected chi connectivity index (χ4v) is 2.82. The molecule has 1 heterocycles. The van der Waals surface area contributed by atoms with Crippen molar-refractivity contribution in [2.75, 3.05) is 13.2 Å². The summed E-state index contributed by atoms with van der Waals surface area (Å²) >= 11 is 0. The zero-order valence-corrected chi connectivity index (χ0v) is 10.6. The predicted molar refractivity (Wildman–Crippen MR) is 63.3 cm³/mol. The van der Waals surface area contributed by atoms with E-state index < -0.39 is 10.1 Å². The van der Waals surface area contributed by atoms with Gasteiger partial charge in [0, 0.05) is 6.61 Å². The van der Waals surface area contributed by atoms with Crippen molar-refractivity contribution in [3.63, 3.8) is 0 Å². The normalized spacial score (nSPS) is 21.4. The lowest BCUT2D eigenvalue weighted by Crippen LogP contribution is -2.28. The van der Waals surface area contributed by atoms with Crippen LogP contribution in [-0.4, -0.2) is 27.7 Å². The van der Waals surface area contributed by atoms with Crippen LogP contribution in [0.4, 0.5) is 0 Å². The molecule has 4 nitrogen and oxygen atoms in total. The van der Waals surface area contributed by atoms with Gasteiger partial charge >= 0.3 is 0 Å². The Morgan fingerprint density at radius 1 is 1.29 bits per heavy atom. The molecule has 0 N–H and O–H groups in total. The van der Waals surface area contributed by atoms with Crippen LogP contribution in [0.1, 0.15) is 18.4 Å². The summed E-state index contributed by atoms with van der Waals surface area (Å²) in [5, 5.41) is 0. The SMILES string of the molecule is Cc1ccc(S(=O)(=O)OC2CCCOC2)cc1. The average Bonchev–Trinajstić information content (AvgIpc) is 2.30. The molecule has 1 aromatic rings. The van der Waals surface area contributed by atoms with Gasteiger partial charge in [0.1, 0.15) is 6.10 Å². The van der Waals surface area contributed by atoms with Gasteiger partial charge in [-0.3, -0.25) is 4.18 Å². The summed E-state index contributed by atoms with van der Waals surface area (Å²) in [6.45, 7) is 2.95. The Balaban J connectivity index is 2.10. The molecule has 17 heavy (non-hydrogen) atoms. The highest BCUT2D eigenvalue weighted by Gasteiger charge is 2.23. The summed E-state index contributed by atoms with van der Waals surface area (Å²) < 4.78 is 34.2. The fraction of sp³-hybridized carbons (Fsp3) is 0.500.